The van der Waals surface area contributed by atoms with Crippen molar-refractivity contribution in [2.75, 3.05) is 0 Å². The molecule has 0 amide bonds. The Kier molecular flexibility index (Phi) is 4.81. The molecule has 1 aliphatic rings. The highest BCUT2D eigenvalue weighted by Crippen LogP contribution is 2.39. The Morgan fingerprint density at radius 1 is 1.24 bits per heavy atom. The molecule has 1 aromatic heterocycles. The molecule has 3 heteroatoms. The predicted octanol–water partition coefficient (Wildman–Crippen LogP) is 4.18. The summed E-state index contributed by atoms with van der Waals surface area (Å²) in [6, 6.07) is 6.00. The van der Waals surface area contributed by atoms with Crippen LogP contribution < -0.4 is 0 Å². The molecule has 0 aromatic carbocycles. The summed E-state index contributed by atoms with van der Waals surface area (Å²) in [4.78, 5) is 16.5. The maximum absolute atomic E-state index is 11.9. The zero-order valence-corrected chi connectivity index (χ0v) is 13.3. The van der Waals surface area contributed by atoms with Crippen LogP contribution in [0.2, 0.25) is 0 Å². The topological polar surface area (TPSA) is 39.2 Å². The zero-order chi connectivity index (χ0) is 15.3. The molecular formula is C18H25NO2. The summed E-state index contributed by atoms with van der Waals surface area (Å²) >= 11 is 0. The standard InChI is InChI=1S/C18H25NO2/c1-17(2,3)21-16(20)10-13-18(11-6-4-7-12-18)15-9-5-8-14-19-15/h5,8-10,13-14H,4,6-7,11-12H2,1-3H3. The molecule has 1 fully saturated rings. The average Bonchev–Trinajstić information content (AvgIpc) is 2.45. The number of aromatic nitrogens is 1. The van der Waals surface area contributed by atoms with Gasteiger partial charge in [0.15, 0.2) is 0 Å². The Bertz CT molecular complexity index is 494. The number of carbonyl (C=O) groups excluding carboxylic acids is 1. The SMILES string of the molecule is CC(C)(C)OC(=O)C=CC1(c2ccccn2)CCCCC1. The Hall–Kier alpha value is -1.64. The molecule has 0 aliphatic heterocycles. The lowest BCUT2D eigenvalue weighted by atomic mass is 9.71. The fourth-order valence-corrected chi connectivity index (χ4v) is 2.91. The number of pyridine rings is 1. The van der Waals surface area contributed by atoms with Gasteiger partial charge in [-0.25, -0.2) is 4.79 Å². The van der Waals surface area contributed by atoms with Crippen LogP contribution in [0.25, 0.3) is 0 Å². The van der Waals surface area contributed by atoms with E-state index in [2.05, 4.69) is 11.1 Å². The van der Waals surface area contributed by atoms with Crippen LogP contribution in [0.1, 0.15) is 58.6 Å². The van der Waals surface area contributed by atoms with Crippen LogP contribution in [0.15, 0.2) is 36.5 Å². The molecule has 0 N–H and O–H groups in total. The van der Waals surface area contributed by atoms with E-state index in [9.17, 15) is 4.79 Å². The van der Waals surface area contributed by atoms with Crippen molar-refractivity contribution in [1.29, 1.82) is 0 Å². The second-order valence-corrected chi connectivity index (χ2v) is 6.80. The highest BCUT2D eigenvalue weighted by atomic mass is 16.6. The van der Waals surface area contributed by atoms with E-state index in [4.69, 9.17) is 4.74 Å². The molecule has 0 unspecified atom stereocenters. The largest absolute Gasteiger partial charge is 0.457 e. The Balaban J connectivity index is 2.20. The van der Waals surface area contributed by atoms with Gasteiger partial charge in [-0.2, -0.15) is 0 Å². The van der Waals surface area contributed by atoms with Crippen LogP contribution in [-0.2, 0) is 14.9 Å². The normalized spacial score (nSPS) is 18.6. The smallest absolute Gasteiger partial charge is 0.330 e. The summed E-state index contributed by atoms with van der Waals surface area (Å²) in [5, 5.41) is 0. The third kappa shape index (κ3) is 4.42. The quantitative estimate of drug-likeness (QED) is 0.618. The Labute approximate surface area is 127 Å². The lowest BCUT2D eigenvalue weighted by Gasteiger charge is -2.34. The van der Waals surface area contributed by atoms with Crippen molar-refractivity contribution in [3.05, 3.63) is 42.2 Å². The highest BCUT2D eigenvalue weighted by molar-refractivity contribution is 5.82. The van der Waals surface area contributed by atoms with Gasteiger partial charge in [-0.15, -0.1) is 0 Å². The van der Waals surface area contributed by atoms with Crippen LogP contribution in [-0.4, -0.2) is 16.6 Å². The first-order valence-electron chi connectivity index (χ1n) is 7.75. The average molecular weight is 287 g/mol. The zero-order valence-electron chi connectivity index (χ0n) is 13.3. The van der Waals surface area contributed by atoms with E-state index in [1.807, 2.05) is 45.2 Å². The van der Waals surface area contributed by atoms with Crippen LogP contribution in [0.4, 0.5) is 0 Å². The number of hydrogen-bond acceptors (Lipinski definition) is 3. The van der Waals surface area contributed by atoms with Crippen molar-refractivity contribution >= 4 is 5.97 Å². The van der Waals surface area contributed by atoms with E-state index < -0.39 is 5.60 Å². The molecule has 1 aromatic rings. The minimum atomic E-state index is -0.452. The lowest BCUT2D eigenvalue weighted by molar-refractivity contribution is -0.148. The number of allylic oxidation sites excluding steroid dienone is 1. The first-order chi connectivity index (χ1) is 9.91. The van der Waals surface area contributed by atoms with E-state index in [0.717, 1.165) is 18.5 Å². The van der Waals surface area contributed by atoms with Crippen molar-refractivity contribution in [2.45, 2.75) is 63.9 Å². The molecule has 1 aliphatic carbocycles. The Morgan fingerprint density at radius 2 is 1.95 bits per heavy atom. The van der Waals surface area contributed by atoms with Gasteiger partial charge in [-0.1, -0.05) is 31.4 Å². The maximum atomic E-state index is 11.9. The fourth-order valence-electron chi connectivity index (χ4n) is 2.91. The van der Waals surface area contributed by atoms with Crippen LogP contribution >= 0.6 is 0 Å². The van der Waals surface area contributed by atoms with Crippen LogP contribution in [0, 0.1) is 0 Å². The van der Waals surface area contributed by atoms with E-state index in [1.54, 1.807) is 6.08 Å². The van der Waals surface area contributed by atoms with Crippen molar-refractivity contribution in [1.82, 2.24) is 4.98 Å². The first kappa shape index (κ1) is 15.7. The predicted molar refractivity (Wildman–Crippen MR) is 84.0 cm³/mol. The maximum Gasteiger partial charge on any atom is 0.330 e. The number of ether oxygens (including phenoxy) is 1. The number of nitrogens with zero attached hydrogens (tertiary/aromatic N) is 1. The van der Waals surface area contributed by atoms with Gasteiger partial charge in [-0.3, -0.25) is 4.98 Å². The molecule has 3 nitrogen and oxygen atoms in total. The summed E-state index contributed by atoms with van der Waals surface area (Å²) in [5.74, 6) is -0.275. The van der Waals surface area contributed by atoms with Crippen molar-refractivity contribution in [3.8, 4) is 0 Å². The summed E-state index contributed by atoms with van der Waals surface area (Å²) in [6.45, 7) is 5.65. The minimum absolute atomic E-state index is 0.115. The fraction of sp³-hybridized carbons (Fsp3) is 0.556. The number of rotatable bonds is 3. The molecule has 0 saturated heterocycles. The lowest BCUT2D eigenvalue weighted by Crippen LogP contribution is -2.29. The van der Waals surface area contributed by atoms with Gasteiger partial charge in [0, 0.05) is 17.7 Å². The molecule has 21 heavy (non-hydrogen) atoms. The third-order valence-electron chi connectivity index (χ3n) is 3.87. The van der Waals surface area contributed by atoms with Gasteiger partial charge in [0.2, 0.25) is 0 Å². The highest BCUT2D eigenvalue weighted by Gasteiger charge is 2.32. The second kappa shape index (κ2) is 6.42. The van der Waals surface area contributed by atoms with Gasteiger partial charge in [0.05, 0.1) is 5.69 Å². The molecule has 1 saturated carbocycles. The van der Waals surface area contributed by atoms with Crippen LogP contribution in [0.3, 0.4) is 0 Å². The van der Waals surface area contributed by atoms with Crippen molar-refractivity contribution in [3.63, 3.8) is 0 Å². The summed E-state index contributed by atoms with van der Waals surface area (Å²) in [6.07, 6.45) is 11.1. The van der Waals surface area contributed by atoms with E-state index in [0.29, 0.717) is 0 Å². The van der Waals surface area contributed by atoms with Crippen molar-refractivity contribution in [2.24, 2.45) is 0 Å². The monoisotopic (exact) mass is 287 g/mol. The summed E-state index contributed by atoms with van der Waals surface area (Å²) < 4.78 is 5.36. The van der Waals surface area contributed by atoms with Gasteiger partial charge in [-0.05, 0) is 45.7 Å². The van der Waals surface area contributed by atoms with Gasteiger partial charge in [0.1, 0.15) is 5.60 Å². The molecule has 0 radical (unpaired) electrons. The molecule has 2 rings (SSSR count). The molecule has 0 spiro atoms. The van der Waals surface area contributed by atoms with E-state index in [1.165, 1.54) is 19.3 Å². The molecule has 114 valence electrons. The first-order valence-corrected chi connectivity index (χ1v) is 7.75. The molecule has 1 heterocycles. The van der Waals surface area contributed by atoms with Gasteiger partial charge < -0.3 is 4.74 Å². The number of hydrogen-bond donors (Lipinski definition) is 0. The second-order valence-electron chi connectivity index (χ2n) is 6.80. The summed E-state index contributed by atoms with van der Waals surface area (Å²) in [7, 11) is 0. The van der Waals surface area contributed by atoms with Gasteiger partial charge >= 0.3 is 5.97 Å². The third-order valence-corrected chi connectivity index (χ3v) is 3.87. The minimum Gasteiger partial charge on any atom is -0.457 e. The number of esters is 1. The Morgan fingerprint density at radius 3 is 2.52 bits per heavy atom. The molecule has 0 bridgehead atoms. The van der Waals surface area contributed by atoms with E-state index in [-0.39, 0.29) is 11.4 Å². The van der Waals surface area contributed by atoms with Gasteiger partial charge in [0.25, 0.3) is 0 Å². The van der Waals surface area contributed by atoms with Crippen molar-refractivity contribution < 1.29 is 9.53 Å². The van der Waals surface area contributed by atoms with Crippen LogP contribution in [0.5, 0.6) is 0 Å². The molecule has 0 atom stereocenters. The van der Waals surface area contributed by atoms with E-state index >= 15 is 0 Å². The molecular weight excluding hydrogens is 262 g/mol. The number of carbonyl (C=O) groups is 1. The summed E-state index contributed by atoms with van der Waals surface area (Å²) in [5.41, 5.74) is 0.493.